The zero-order valence-corrected chi connectivity index (χ0v) is 59.8. The number of hydrogen-bond acceptors (Lipinski definition) is 19. The van der Waals surface area contributed by atoms with E-state index in [1.807, 2.05) is 34.6 Å². The first-order valence-corrected chi connectivity index (χ1v) is 35.3. The molecule has 0 spiro atoms. The van der Waals surface area contributed by atoms with E-state index in [4.69, 9.17) is 42.6 Å². The molecular formula is C70H110F5N5O19. The molecule has 24 nitrogen and oxygen atoms in total. The first kappa shape index (κ1) is 85.3. The van der Waals surface area contributed by atoms with Gasteiger partial charge in [-0.05, 0) is 119 Å². The summed E-state index contributed by atoms with van der Waals surface area (Å²) in [6, 6.07) is -2.43. The van der Waals surface area contributed by atoms with Gasteiger partial charge in [0, 0.05) is 104 Å². The van der Waals surface area contributed by atoms with Gasteiger partial charge < -0.3 is 74.0 Å². The van der Waals surface area contributed by atoms with E-state index in [1.54, 1.807) is 0 Å². The molecule has 29 heteroatoms. The zero-order chi connectivity index (χ0) is 73.5. The van der Waals surface area contributed by atoms with Crippen LogP contribution in [0, 0.1) is 82.3 Å². The zero-order valence-electron chi connectivity index (χ0n) is 59.8. The minimum absolute atomic E-state index is 0.0102. The molecule has 0 bridgehead atoms. The molecule has 99 heavy (non-hydrogen) atoms. The molecule has 3 fully saturated rings. The van der Waals surface area contributed by atoms with Gasteiger partial charge in [0.15, 0.2) is 18.9 Å². The summed E-state index contributed by atoms with van der Waals surface area (Å²) in [5, 5.41) is 13.9. The fraction of sp³-hybridized carbons (Fsp3) is 0.786. The molecule has 0 radical (unpaired) electrons. The van der Waals surface area contributed by atoms with Gasteiger partial charge in [-0.3, -0.25) is 43.2 Å². The molecular weight excluding hydrogens is 1310 g/mol. The Morgan fingerprint density at radius 1 is 0.374 bits per heavy atom. The third-order valence-corrected chi connectivity index (χ3v) is 19.6. The van der Waals surface area contributed by atoms with Crippen LogP contribution in [-0.4, -0.2) is 162 Å². The molecule has 0 saturated carbocycles. The number of carbonyl (C=O) groups excluding carboxylic acids is 9. The molecule has 1 aromatic carbocycles. The number of rotatable bonds is 43. The van der Waals surface area contributed by atoms with Gasteiger partial charge in [-0.1, -0.05) is 62.3 Å². The summed E-state index contributed by atoms with van der Waals surface area (Å²) in [6.07, 6.45) is 1.35. The van der Waals surface area contributed by atoms with E-state index in [2.05, 4.69) is 59.0 Å². The van der Waals surface area contributed by atoms with E-state index < -0.39 is 114 Å². The molecule has 3 aliphatic heterocycles. The van der Waals surface area contributed by atoms with Crippen molar-refractivity contribution >= 4 is 53.4 Å². The Morgan fingerprint density at radius 3 is 1.09 bits per heavy atom. The number of ether oxygens (including phenoxy) is 10. The maximum atomic E-state index is 14.4. The van der Waals surface area contributed by atoms with Crippen LogP contribution in [-0.2, 0) is 85.8 Å². The summed E-state index contributed by atoms with van der Waals surface area (Å²) in [4.78, 5) is 115. The van der Waals surface area contributed by atoms with Crippen molar-refractivity contribution in [2.24, 2.45) is 53.3 Å². The van der Waals surface area contributed by atoms with Crippen molar-refractivity contribution in [3.05, 3.63) is 29.1 Å². The molecule has 3 aliphatic rings. The lowest BCUT2D eigenvalue weighted by Crippen LogP contribution is -2.53. The fourth-order valence-corrected chi connectivity index (χ4v) is 12.0. The van der Waals surface area contributed by atoms with Crippen LogP contribution >= 0.6 is 0 Å². The smallest absolute Gasteiger partial charge is 0.311 e. The van der Waals surface area contributed by atoms with E-state index in [0.717, 1.165) is 0 Å². The molecule has 564 valence electrons. The van der Waals surface area contributed by atoms with Crippen LogP contribution in [0.4, 0.5) is 22.0 Å². The van der Waals surface area contributed by atoms with Crippen molar-refractivity contribution in [1.29, 1.82) is 0 Å². The number of unbranched alkanes of at least 4 members (excludes halogenated alkanes) is 5. The maximum Gasteiger partial charge on any atom is 0.311 e. The Bertz CT molecular complexity index is 2730. The van der Waals surface area contributed by atoms with E-state index >= 15 is 0 Å². The SMILES string of the molecule is CC(=O)OCC1O[C@@H](OCCCCC(=O)NCCCCC(NC(=O)CCCCO[C@@H]2OC(COC(C)=O)[C@H](C)C(C)[C@@H]2C)C(=O)NC(CCCCNC(=O)CCCCO[C@@H]2OC(COC(C)=O)[C@H](C)C(C)[C@@H]2C)C(=O)NCCCC(=O)Oc2c(F)c(F)c(F)c(F)c2F)[C@@H](C)C(C)[C@H]1C. The quantitative estimate of drug-likeness (QED) is 0.00775. The molecule has 5 N–H and O–H groups in total. The van der Waals surface area contributed by atoms with Crippen LogP contribution in [0.1, 0.15) is 192 Å². The summed E-state index contributed by atoms with van der Waals surface area (Å²) >= 11 is 0. The average molecular weight is 1420 g/mol. The predicted octanol–water partition coefficient (Wildman–Crippen LogP) is 8.88. The monoisotopic (exact) mass is 1420 g/mol. The van der Waals surface area contributed by atoms with E-state index in [9.17, 15) is 65.1 Å². The first-order chi connectivity index (χ1) is 46.9. The lowest BCUT2D eigenvalue weighted by Gasteiger charge is -2.43. The Balaban J connectivity index is 1.37. The third kappa shape index (κ3) is 29.0. The van der Waals surface area contributed by atoms with Crippen molar-refractivity contribution < 1.29 is 112 Å². The normalized spacial score (nSPS) is 25.8. The maximum absolute atomic E-state index is 14.4. The van der Waals surface area contributed by atoms with Crippen molar-refractivity contribution in [2.75, 3.05) is 59.3 Å². The molecule has 8 unspecified atom stereocenters. The van der Waals surface area contributed by atoms with Crippen molar-refractivity contribution in [3.63, 3.8) is 0 Å². The lowest BCUT2D eigenvalue weighted by molar-refractivity contribution is -0.255. The molecule has 17 atom stereocenters. The minimum Gasteiger partial charge on any atom is -0.463 e. The molecule has 1 aromatic rings. The topological polar surface area (TPSA) is 306 Å². The van der Waals surface area contributed by atoms with Crippen LogP contribution in [0.3, 0.4) is 0 Å². The Kier molecular flexibility index (Phi) is 38.1. The van der Waals surface area contributed by atoms with E-state index in [-0.39, 0.29) is 174 Å². The van der Waals surface area contributed by atoms with Crippen LogP contribution in [0.25, 0.3) is 0 Å². The van der Waals surface area contributed by atoms with Gasteiger partial charge in [-0.25, -0.2) is 13.2 Å². The largest absolute Gasteiger partial charge is 0.463 e. The highest BCUT2D eigenvalue weighted by Crippen LogP contribution is 2.39. The average Bonchev–Trinajstić information content (AvgIpc) is 0.836. The van der Waals surface area contributed by atoms with Gasteiger partial charge in [0.1, 0.15) is 31.9 Å². The highest BCUT2D eigenvalue weighted by Gasteiger charge is 2.43. The first-order valence-electron chi connectivity index (χ1n) is 35.3. The number of amides is 5. The van der Waals surface area contributed by atoms with E-state index in [0.29, 0.717) is 71.0 Å². The summed E-state index contributed by atoms with van der Waals surface area (Å²) in [7, 11) is 0. The fourth-order valence-electron chi connectivity index (χ4n) is 12.0. The summed E-state index contributed by atoms with van der Waals surface area (Å²) < 4.78 is 127. The Hall–Kier alpha value is -6.14. The highest BCUT2D eigenvalue weighted by molar-refractivity contribution is 5.92. The second kappa shape index (κ2) is 44.3. The predicted molar refractivity (Wildman–Crippen MR) is 349 cm³/mol. The summed E-state index contributed by atoms with van der Waals surface area (Å²) in [5.41, 5.74) is 0. The van der Waals surface area contributed by atoms with E-state index in [1.165, 1.54) is 20.8 Å². The Morgan fingerprint density at radius 2 is 0.717 bits per heavy atom. The summed E-state index contributed by atoms with van der Waals surface area (Å²) in [5.74, 6) is -17.3. The number of carbonyl (C=O) groups is 9. The summed E-state index contributed by atoms with van der Waals surface area (Å²) in [6.45, 7) is 24.0. The van der Waals surface area contributed by atoms with Gasteiger partial charge in [0.2, 0.25) is 64.4 Å². The molecule has 4 rings (SSSR count). The van der Waals surface area contributed by atoms with Gasteiger partial charge in [0.25, 0.3) is 0 Å². The lowest BCUT2D eigenvalue weighted by atomic mass is 9.79. The number of esters is 4. The van der Waals surface area contributed by atoms with Crippen molar-refractivity contribution in [3.8, 4) is 5.75 Å². The van der Waals surface area contributed by atoms with Gasteiger partial charge in [0.05, 0.1) is 18.3 Å². The third-order valence-electron chi connectivity index (χ3n) is 19.6. The van der Waals surface area contributed by atoms with Crippen LogP contribution in [0.15, 0.2) is 0 Å². The Labute approximate surface area is 579 Å². The molecule has 0 aromatic heterocycles. The van der Waals surface area contributed by atoms with Crippen molar-refractivity contribution in [1.82, 2.24) is 26.6 Å². The molecule has 3 saturated heterocycles. The second-order valence-electron chi connectivity index (χ2n) is 26.9. The van der Waals surface area contributed by atoms with Gasteiger partial charge in [-0.2, -0.15) is 8.78 Å². The van der Waals surface area contributed by atoms with Crippen LogP contribution in [0.5, 0.6) is 5.75 Å². The molecule has 3 heterocycles. The molecule has 5 amide bonds. The minimum atomic E-state index is -2.44. The van der Waals surface area contributed by atoms with Crippen LogP contribution < -0.4 is 31.3 Å². The number of benzene rings is 1. The second-order valence-corrected chi connectivity index (χ2v) is 26.9. The number of nitrogens with one attached hydrogen (secondary N) is 5. The van der Waals surface area contributed by atoms with Gasteiger partial charge in [-0.15, -0.1) is 0 Å². The standard InChI is InChI=1S/C70H110F5N5O19/c1-39-42(4)53(36-93-48(10)81)96-68(45(39)7)90-33-20-15-26-56(84)76-30-18-13-24-51(66(88)78-32-23-29-59(87)99-65-63(74)61(72)60(71)62(73)64(65)75)80-67(89)52(79-58(86)28-17-22-35-92-70-47(9)41(3)44(6)55(98-70)38-95-50(12)83)25-14-19-31-77-57(85)27-16-21-34-91-69-46(8)40(2)43(5)54(97-69)37-94-49(11)82/h39-47,51-55,68-70H,13-38H2,1-12H3,(H,76,84)(H,77,85)(H,78,88)(H,79,86)(H,80,89)/t39?,40?,41?,42-,43-,44-,45+,46+,47+,51?,52?,53?,54?,55?,68-,69-,70-/m1/s1. The number of halogens is 5. The number of hydrogen-bond donors (Lipinski definition) is 5. The highest BCUT2D eigenvalue weighted by atomic mass is 19.2. The van der Waals surface area contributed by atoms with Crippen molar-refractivity contribution in [2.45, 2.75) is 242 Å². The molecule has 0 aliphatic carbocycles. The van der Waals surface area contributed by atoms with Gasteiger partial charge >= 0.3 is 23.9 Å². The van der Waals surface area contributed by atoms with Crippen LogP contribution in [0.2, 0.25) is 0 Å².